The second-order valence-electron chi connectivity index (χ2n) is 8.13. The first-order chi connectivity index (χ1) is 17.4. The number of anilines is 1. The minimum absolute atomic E-state index is 0.0293. The molecule has 0 radical (unpaired) electrons. The van der Waals surface area contributed by atoms with Crippen LogP contribution < -0.4 is 4.90 Å². The Balaban J connectivity index is 1.26. The van der Waals surface area contributed by atoms with Crippen LogP contribution >= 0.6 is 0 Å². The van der Waals surface area contributed by atoms with E-state index in [1.54, 1.807) is 12.1 Å². The van der Waals surface area contributed by atoms with Gasteiger partial charge in [-0.3, -0.25) is 14.4 Å². The van der Waals surface area contributed by atoms with Gasteiger partial charge >= 0.3 is 5.97 Å². The number of carbonyl (C=O) groups excluding carboxylic acids is 4. The molecule has 0 saturated carbocycles. The number of imide groups is 1. The molecule has 0 saturated heterocycles. The van der Waals surface area contributed by atoms with Gasteiger partial charge in [-0.15, -0.1) is 0 Å². The number of ketones is 1. The minimum Gasteiger partial charge on any atom is -0.454 e. The number of benzene rings is 4. The van der Waals surface area contributed by atoms with Crippen LogP contribution in [0.4, 0.5) is 10.1 Å². The summed E-state index contributed by atoms with van der Waals surface area (Å²) >= 11 is 0. The topological polar surface area (TPSA) is 80.8 Å². The number of carbonyl (C=O) groups is 4. The number of rotatable bonds is 6. The Hall–Kier alpha value is -4.91. The first-order valence-electron chi connectivity index (χ1n) is 11.1. The number of Topliss-reactive ketones (excluding diaryl/α,β-unsaturated/α-hetero) is 1. The number of hydrogen-bond donors (Lipinski definition) is 0. The molecule has 0 aliphatic carbocycles. The van der Waals surface area contributed by atoms with E-state index in [0.29, 0.717) is 5.56 Å². The molecule has 36 heavy (non-hydrogen) atoms. The smallest absolute Gasteiger partial charge is 0.338 e. The Morgan fingerprint density at radius 1 is 0.694 bits per heavy atom. The normalized spacial score (nSPS) is 12.4. The molecule has 7 heteroatoms. The van der Waals surface area contributed by atoms with Gasteiger partial charge in [-0.2, -0.15) is 0 Å². The van der Waals surface area contributed by atoms with Crippen molar-refractivity contribution in [2.24, 2.45) is 0 Å². The Labute approximate surface area is 205 Å². The molecule has 1 aliphatic heterocycles. The largest absolute Gasteiger partial charge is 0.454 e. The Kier molecular flexibility index (Phi) is 5.96. The predicted molar refractivity (Wildman–Crippen MR) is 130 cm³/mol. The van der Waals surface area contributed by atoms with Crippen molar-refractivity contribution in [3.05, 3.63) is 125 Å². The van der Waals surface area contributed by atoms with Crippen LogP contribution in [0.25, 0.3) is 11.1 Å². The second kappa shape index (κ2) is 9.38. The number of hydrogen-bond acceptors (Lipinski definition) is 5. The first kappa shape index (κ1) is 22.9. The number of halogens is 1. The average molecular weight is 479 g/mol. The van der Waals surface area contributed by atoms with Crippen molar-refractivity contribution >= 4 is 29.3 Å². The molecule has 176 valence electrons. The van der Waals surface area contributed by atoms with E-state index >= 15 is 0 Å². The Morgan fingerprint density at radius 2 is 1.31 bits per heavy atom. The molecule has 0 unspecified atom stereocenters. The fraction of sp³-hybridized carbons (Fsp3) is 0.0345. The maximum atomic E-state index is 13.2. The molecule has 0 N–H and O–H groups in total. The number of amides is 2. The summed E-state index contributed by atoms with van der Waals surface area (Å²) in [5.41, 5.74) is 2.77. The number of esters is 1. The predicted octanol–water partition coefficient (Wildman–Crippen LogP) is 5.33. The van der Waals surface area contributed by atoms with Gasteiger partial charge in [-0.25, -0.2) is 14.1 Å². The van der Waals surface area contributed by atoms with Crippen molar-refractivity contribution < 1.29 is 28.3 Å². The zero-order valence-corrected chi connectivity index (χ0v) is 18.8. The van der Waals surface area contributed by atoms with Crippen molar-refractivity contribution in [2.45, 2.75) is 0 Å². The minimum atomic E-state index is -0.799. The van der Waals surface area contributed by atoms with Gasteiger partial charge in [-0.05, 0) is 53.6 Å². The summed E-state index contributed by atoms with van der Waals surface area (Å²) in [5.74, 6) is -2.88. The lowest BCUT2D eigenvalue weighted by molar-refractivity contribution is 0.0474. The maximum Gasteiger partial charge on any atom is 0.338 e. The Bertz CT molecular complexity index is 1500. The van der Waals surface area contributed by atoms with Gasteiger partial charge in [0.2, 0.25) is 0 Å². The van der Waals surface area contributed by atoms with Crippen molar-refractivity contribution in [3.63, 3.8) is 0 Å². The number of nitrogens with zero attached hydrogens (tertiary/aromatic N) is 1. The maximum absolute atomic E-state index is 13.2. The summed E-state index contributed by atoms with van der Waals surface area (Å²) in [6.07, 6.45) is 0. The quantitative estimate of drug-likeness (QED) is 0.212. The third-order valence-electron chi connectivity index (χ3n) is 5.86. The lowest BCUT2D eigenvalue weighted by Gasteiger charge is -2.13. The molecule has 4 aromatic rings. The van der Waals surface area contributed by atoms with Crippen LogP contribution in [0.15, 0.2) is 97.1 Å². The summed E-state index contributed by atoms with van der Waals surface area (Å²) in [4.78, 5) is 51.6. The van der Waals surface area contributed by atoms with E-state index in [0.717, 1.165) is 28.2 Å². The third-order valence-corrected chi connectivity index (χ3v) is 5.86. The summed E-state index contributed by atoms with van der Waals surface area (Å²) in [5, 5.41) is 0. The fourth-order valence-electron chi connectivity index (χ4n) is 3.97. The van der Waals surface area contributed by atoms with Gasteiger partial charge in [0.05, 0.1) is 22.4 Å². The molecule has 4 aromatic carbocycles. The molecular formula is C29H18FNO5. The lowest BCUT2D eigenvalue weighted by atomic mass is 10.0. The highest BCUT2D eigenvalue weighted by molar-refractivity contribution is 6.34. The van der Waals surface area contributed by atoms with Gasteiger partial charge in [0.25, 0.3) is 11.8 Å². The van der Waals surface area contributed by atoms with E-state index in [1.165, 1.54) is 30.3 Å². The van der Waals surface area contributed by atoms with Crippen LogP contribution in [-0.2, 0) is 4.74 Å². The molecule has 0 aromatic heterocycles. The fourth-order valence-corrected chi connectivity index (χ4v) is 3.97. The average Bonchev–Trinajstić information content (AvgIpc) is 3.17. The summed E-state index contributed by atoms with van der Waals surface area (Å²) in [6.45, 7) is -0.477. The van der Waals surface area contributed by atoms with E-state index in [9.17, 15) is 23.6 Å². The molecule has 1 aliphatic rings. The SMILES string of the molecule is O=C(COC(=O)c1ccc2c(c1)C(=O)N(c1ccc(F)cc1)C2=O)c1ccc(-c2ccccc2)cc1. The highest BCUT2D eigenvalue weighted by Gasteiger charge is 2.37. The van der Waals surface area contributed by atoms with Crippen LogP contribution in [0.2, 0.25) is 0 Å². The van der Waals surface area contributed by atoms with Crippen molar-refractivity contribution in [1.29, 1.82) is 0 Å². The molecule has 5 rings (SSSR count). The number of ether oxygens (including phenoxy) is 1. The first-order valence-corrected chi connectivity index (χ1v) is 11.1. The zero-order valence-electron chi connectivity index (χ0n) is 18.8. The monoisotopic (exact) mass is 479 g/mol. The summed E-state index contributed by atoms with van der Waals surface area (Å²) in [6, 6.07) is 25.6. The van der Waals surface area contributed by atoms with Crippen molar-refractivity contribution in [1.82, 2.24) is 0 Å². The van der Waals surface area contributed by atoms with Crippen LogP contribution in [0.3, 0.4) is 0 Å². The summed E-state index contributed by atoms with van der Waals surface area (Å²) in [7, 11) is 0. The molecular weight excluding hydrogens is 461 g/mol. The van der Waals surface area contributed by atoms with Crippen molar-refractivity contribution in [2.75, 3.05) is 11.5 Å². The van der Waals surface area contributed by atoms with Crippen LogP contribution in [0.1, 0.15) is 41.4 Å². The Morgan fingerprint density at radius 3 is 2.00 bits per heavy atom. The lowest BCUT2D eigenvalue weighted by Crippen LogP contribution is -2.29. The summed E-state index contributed by atoms with van der Waals surface area (Å²) < 4.78 is 18.4. The molecule has 0 bridgehead atoms. The van der Waals surface area contributed by atoms with Gasteiger partial charge in [0, 0.05) is 5.56 Å². The van der Waals surface area contributed by atoms with Crippen molar-refractivity contribution in [3.8, 4) is 11.1 Å². The molecule has 1 heterocycles. The van der Waals surface area contributed by atoms with E-state index in [-0.39, 0.29) is 28.2 Å². The molecule has 0 fully saturated rings. The number of fused-ring (bicyclic) bond motifs is 1. The molecule has 0 spiro atoms. The van der Waals surface area contributed by atoms with Gasteiger partial charge in [0.1, 0.15) is 5.82 Å². The third kappa shape index (κ3) is 4.30. The molecule has 6 nitrogen and oxygen atoms in total. The highest BCUT2D eigenvalue weighted by Crippen LogP contribution is 2.29. The van der Waals surface area contributed by atoms with Crippen LogP contribution in [0.5, 0.6) is 0 Å². The second-order valence-corrected chi connectivity index (χ2v) is 8.13. The highest BCUT2D eigenvalue weighted by atomic mass is 19.1. The van der Waals surface area contributed by atoms with E-state index in [4.69, 9.17) is 4.74 Å². The van der Waals surface area contributed by atoms with Gasteiger partial charge in [-0.1, -0.05) is 54.6 Å². The van der Waals surface area contributed by atoms with Gasteiger partial charge in [0.15, 0.2) is 12.4 Å². The zero-order chi connectivity index (χ0) is 25.2. The van der Waals surface area contributed by atoms with E-state index in [2.05, 4.69) is 0 Å². The van der Waals surface area contributed by atoms with Crippen LogP contribution in [-0.4, -0.2) is 30.2 Å². The van der Waals surface area contributed by atoms with E-state index < -0.39 is 30.2 Å². The van der Waals surface area contributed by atoms with E-state index in [1.807, 2.05) is 42.5 Å². The molecule has 0 atom stereocenters. The molecule has 2 amide bonds. The standard InChI is InChI=1S/C29H18FNO5/c30-22-11-13-23(14-12-22)31-27(33)24-15-10-21(16-25(24)28(31)34)29(35)36-17-26(32)20-8-6-19(7-9-20)18-4-2-1-3-5-18/h1-16H,17H2. The van der Waals surface area contributed by atoms with Crippen LogP contribution in [0, 0.1) is 5.82 Å². The van der Waals surface area contributed by atoms with Gasteiger partial charge < -0.3 is 4.74 Å².